The van der Waals surface area contributed by atoms with E-state index in [2.05, 4.69) is 64.6 Å². The topological polar surface area (TPSA) is 58.1 Å². The zero-order valence-corrected chi connectivity index (χ0v) is 16.7. The van der Waals surface area contributed by atoms with Crippen LogP contribution in [0.15, 0.2) is 66.9 Å². The molecule has 0 saturated carbocycles. The molecular weight excluding hydrogens is 360 g/mol. The van der Waals surface area contributed by atoms with Crippen LogP contribution in [0, 0.1) is 6.92 Å². The van der Waals surface area contributed by atoms with Crippen molar-refractivity contribution in [1.82, 2.24) is 14.9 Å². The van der Waals surface area contributed by atoms with E-state index in [1.54, 1.807) is 12.3 Å². The second-order valence-electron chi connectivity index (χ2n) is 7.65. The molecule has 3 aromatic rings. The first-order valence-corrected chi connectivity index (χ1v) is 10.1. The lowest BCUT2D eigenvalue weighted by molar-refractivity contribution is -0.117. The highest BCUT2D eigenvalue weighted by molar-refractivity contribution is 5.91. The number of benzene rings is 1. The third kappa shape index (κ3) is 5.06. The number of hydrogen-bond acceptors (Lipinski definition) is 4. The van der Waals surface area contributed by atoms with E-state index >= 15 is 0 Å². The Labute approximate surface area is 171 Å². The van der Waals surface area contributed by atoms with Gasteiger partial charge in [-0.2, -0.15) is 0 Å². The van der Waals surface area contributed by atoms with E-state index in [-0.39, 0.29) is 5.91 Å². The van der Waals surface area contributed by atoms with Crippen molar-refractivity contribution in [3.8, 4) is 11.3 Å². The average Bonchev–Trinajstić information content (AvgIpc) is 2.75. The zero-order chi connectivity index (χ0) is 20.1. The van der Waals surface area contributed by atoms with Gasteiger partial charge in [0.2, 0.25) is 5.91 Å². The number of nitrogens with one attached hydrogen (secondary N) is 1. The van der Waals surface area contributed by atoms with Crippen molar-refractivity contribution in [2.75, 3.05) is 25.0 Å². The van der Waals surface area contributed by atoms with Crippen molar-refractivity contribution in [2.24, 2.45) is 0 Å². The van der Waals surface area contributed by atoms with Gasteiger partial charge >= 0.3 is 0 Å². The Bertz CT molecular complexity index is 973. The van der Waals surface area contributed by atoms with Gasteiger partial charge in [-0.1, -0.05) is 35.9 Å². The molecule has 29 heavy (non-hydrogen) atoms. The number of nitrogens with zero attached hydrogens (tertiary/aromatic N) is 3. The fraction of sp³-hybridized carbons (Fsp3) is 0.292. The quantitative estimate of drug-likeness (QED) is 0.711. The van der Waals surface area contributed by atoms with Crippen LogP contribution in [0.3, 0.4) is 0 Å². The molecule has 0 spiro atoms. The molecule has 1 amide bonds. The van der Waals surface area contributed by atoms with Crippen LogP contribution in [0.4, 0.5) is 5.82 Å². The highest BCUT2D eigenvalue weighted by Crippen LogP contribution is 2.27. The molecule has 4 rings (SSSR count). The Kier molecular flexibility index (Phi) is 5.96. The lowest BCUT2D eigenvalue weighted by atomic mass is 9.93. The van der Waals surface area contributed by atoms with E-state index < -0.39 is 0 Å². The second kappa shape index (κ2) is 8.97. The normalized spacial score (nSPS) is 17.1. The monoisotopic (exact) mass is 386 g/mol. The number of aromatic nitrogens is 2. The molecule has 148 valence electrons. The number of aryl methyl sites for hydroxylation is 1. The SMILES string of the molecule is Cc1cccc(-c2cccc([C@@H]3CCCN(CC(=O)Nc4ccccn4)C3)n2)c1. The largest absolute Gasteiger partial charge is 0.310 e. The molecule has 1 saturated heterocycles. The number of rotatable bonds is 5. The van der Waals surface area contributed by atoms with E-state index in [1.165, 1.54) is 5.56 Å². The first-order chi connectivity index (χ1) is 14.2. The van der Waals surface area contributed by atoms with Crippen LogP contribution in [-0.4, -0.2) is 40.4 Å². The first kappa shape index (κ1) is 19.3. The Morgan fingerprint density at radius 1 is 1.14 bits per heavy atom. The predicted molar refractivity (Wildman–Crippen MR) is 116 cm³/mol. The summed E-state index contributed by atoms with van der Waals surface area (Å²) in [4.78, 5) is 23.7. The van der Waals surface area contributed by atoms with E-state index in [9.17, 15) is 4.79 Å². The van der Waals surface area contributed by atoms with Crippen LogP contribution in [0.25, 0.3) is 11.3 Å². The van der Waals surface area contributed by atoms with Crippen LogP contribution < -0.4 is 5.32 Å². The van der Waals surface area contributed by atoms with E-state index in [0.29, 0.717) is 18.3 Å². The van der Waals surface area contributed by atoms with E-state index in [1.807, 2.05) is 12.1 Å². The van der Waals surface area contributed by atoms with Crippen molar-refractivity contribution < 1.29 is 4.79 Å². The molecule has 1 fully saturated rings. The van der Waals surface area contributed by atoms with Gasteiger partial charge in [-0.15, -0.1) is 0 Å². The smallest absolute Gasteiger partial charge is 0.239 e. The first-order valence-electron chi connectivity index (χ1n) is 10.1. The minimum atomic E-state index is -0.0224. The zero-order valence-electron chi connectivity index (χ0n) is 16.7. The molecule has 1 N–H and O–H groups in total. The fourth-order valence-electron chi connectivity index (χ4n) is 3.91. The van der Waals surface area contributed by atoms with Gasteiger partial charge in [0, 0.05) is 29.9 Å². The second-order valence-corrected chi connectivity index (χ2v) is 7.65. The van der Waals surface area contributed by atoms with Gasteiger partial charge in [0.1, 0.15) is 5.82 Å². The summed E-state index contributed by atoms with van der Waals surface area (Å²) in [6.45, 7) is 4.26. The number of carbonyl (C=O) groups excluding carboxylic acids is 1. The highest BCUT2D eigenvalue weighted by atomic mass is 16.2. The molecule has 5 heteroatoms. The summed E-state index contributed by atoms with van der Waals surface area (Å²) in [5, 5.41) is 2.87. The minimum absolute atomic E-state index is 0.0224. The maximum Gasteiger partial charge on any atom is 0.239 e. The number of likely N-dealkylation sites (tertiary alicyclic amines) is 1. The average molecular weight is 386 g/mol. The number of amides is 1. The molecule has 0 unspecified atom stereocenters. The van der Waals surface area contributed by atoms with Crippen molar-refractivity contribution in [3.63, 3.8) is 0 Å². The number of carbonyl (C=O) groups is 1. The number of pyridine rings is 2. The molecular formula is C24H26N4O. The Morgan fingerprint density at radius 3 is 2.86 bits per heavy atom. The molecule has 1 aliphatic rings. The van der Waals surface area contributed by atoms with Crippen molar-refractivity contribution >= 4 is 11.7 Å². The van der Waals surface area contributed by atoms with Gasteiger partial charge in [0.15, 0.2) is 0 Å². The highest BCUT2D eigenvalue weighted by Gasteiger charge is 2.24. The number of anilines is 1. The van der Waals surface area contributed by atoms with Gasteiger partial charge in [-0.3, -0.25) is 14.7 Å². The summed E-state index contributed by atoms with van der Waals surface area (Å²) >= 11 is 0. The number of hydrogen-bond donors (Lipinski definition) is 1. The molecule has 1 aliphatic heterocycles. The summed E-state index contributed by atoms with van der Waals surface area (Å²) in [6.07, 6.45) is 3.85. The van der Waals surface area contributed by atoms with E-state index in [4.69, 9.17) is 4.98 Å². The molecule has 2 aromatic heterocycles. The van der Waals surface area contributed by atoms with Crippen LogP contribution in [0.1, 0.15) is 30.0 Å². The summed E-state index contributed by atoms with van der Waals surface area (Å²) in [6, 6.07) is 20.2. The summed E-state index contributed by atoms with van der Waals surface area (Å²) in [5.41, 5.74) is 4.50. The standard InChI is InChI=1S/C24H26N4O/c1-18-7-4-8-19(15-18)21-10-5-11-22(26-21)20-9-6-14-28(16-20)17-24(29)27-23-12-2-3-13-25-23/h2-5,7-8,10-13,15,20H,6,9,14,16-17H2,1H3,(H,25,27,29)/t20-/m1/s1. The Hall–Kier alpha value is -3.05. The molecule has 5 nitrogen and oxygen atoms in total. The van der Waals surface area contributed by atoms with Crippen molar-refractivity contribution in [1.29, 1.82) is 0 Å². The lowest BCUT2D eigenvalue weighted by Gasteiger charge is -2.32. The van der Waals surface area contributed by atoms with Crippen molar-refractivity contribution in [3.05, 3.63) is 78.1 Å². The summed E-state index contributed by atoms with van der Waals surface area (Å²) in [5.74, 6) is 0.917. The van der Waals surface area contributed by atoms with Gasteiger partial charge in [-0.25, -0.2) is 4.98 Å². The third-order valence-electron chi connectivity index (χ3n) is 5.31. The molecule has 0 aliphatic carbocycles. The molecule has 0 radical (unpaired) electrons. The van der Waals surface area contributed by atoms with Gasteiger partial charge in [0.05, 0.1) is 12.2 Å². The molecule has 0 bridgehead atoms. The van der Waals surface area contributed by atoms with Gasteiger partial charge in [-0.05, 0) is 56.6 Å². The fourth-order valence-corrected chi connectivity index (χ4v) is 3.91. The maximum absolute atomic E-state index is 12.4. The Balaban J connectivity index is 1.42. The third-order valence-corrected chi connectivity index (χ3v) is 5.31. The summed E-state index contributed by atoms with van der Waals surface area (Å²) < 4.78 is 0. The number of piperidine rings is 1. The predicted octanol–water partition coefficient (Wildman–Crippen LogP) is 4.27. The van der Waals surface area contributed by atoms with Gasteiger partial charge in [0.25, 0.3) is 0 Å². The minimum Gasteiger partial charge on any atom is -0.310 e. The van der Waals surface area contributed by atoms with Gasteiger partial charge < -0.3 is 5.32 Å². The Morgan fingerprint density at radius 2 is 2.03 bits per heavy atom. The van der Waals surface area contributed by atoms with Crippen molar-refractivity contribution in [2.45, 2.75) is 25.7 Å². The van der Waals surface area contributed by atoms with Crippen LogP contribution >= 0.6 is 0 Å². The maximum atomic E-state index is 12.4. The summed E-state index contributed by atoms with van der Waals surface area (Å²) in [7, 11) is 0. The van der Waals surface area contributed by atoms with Crippen LogP contribution in [-0.2, 0) is 4.79 Å². The molecule has 3 heterocycles. The molecule has 1 aromatic carbocycles. The van der Waals surface area contributed by atoms with E-state index in [0.717, 1.165) is 42.9 Å². The van der Waals surface area contributed by atoms with Crippen LogP contribution in [0.2, 0.25) is 0 Å². The lowest BCUT2D eigenvalue weighted by Crippen LogP contribution is -2.40. The molecule has 1 atom stereocenters. The van der Waals surface area contributed by atoms with Crippen LogP contribution in [0.5, 0.6) is 0 Å².